The highest BCUT2D eigenvalue weighted by Crippen LogP contribution is 2.39. The summed E-state index contributed by atoms with van der Waals surface area (Å²) < 4.78 is 1.11. The van der Waals surface area contributed by atoms with E-state index in [0.717, 1.165) is 22.9 Å². The minimum atomic E-state index is -0.327. The van der Waals surface area contributed by atoms with Crippen molar-refractivity contribution in [1.82, 2.24) is 0 Å². The van der Waals surface area contributed by atoms with Crippen molar-refractivity contribution in [1.29, 1.82) is 0 Å². The Labute approximate surface area is 131 Å². The third kappa shape index (κ3) is 2.65. The lowest BCUT2D eigenvalue weighted by Gasteiger charge is -2.16. The van der Waals surface area contributed by atoms with Crippen molar-refractivity contribution in [3.63, 3.8) is 0 Å². The molecule has 108 valence electrons. The van der Waals surface area contributed by atoms with Crippen LogP contribution in [0.1, 0.15) is 29.2 Å². The molecule has 5 heteroatoms. The highest BCUT2D eigenvalue weighted by molar-refractivity contribution is 9.10. The number of nitro benzene ring substituents is 1. The Morgan fingerprint density at radius 2 is 2.14 bits per heavy atom. The first-order chi connectivity index (χ1) is 10.1. The Hall–Kier alpha value is -1.88. The normalized spacial score (nSPS) is 16.6. The van der Waals surface area contributed by atoms with Crippen LogP contribution in [0.3, 0.4) is 0 Å². The van der Waals surface area contributed by atoms with E-state index in [2.05, 4.69) is 27.3 Å². The SMILES string of the molecule is Cc1ccc(NC2CCc3c(Br)cccc32)c([N+](=O)[O-])c1. The summed E-state index contributed by atoms with van der Waals surface area (Å²) in [5.74, 6) is 0. The topological polar surface area (TPSA) is 55.2 Å². The molecule has 0 saturated carbocycles. The van der Waals surface area contributed by atoms with Crippen LogP contribution in [-0.4, -0.2) is 4.92 Å². The second-order valence-corrected chi connectivity index (χ2v) is 6.18. The molecular weight excluding hydrogens is 332 g/mol. The molecule has 0 spiro atoms. The number of fused-ring (bicyclic) bond motifs is 1. The highest BCUT2D eigenvalue weighted by atomic mass is 79.9. The number of hydrogen-bond donors (Lipinski definition) is 1. The summed E-state index contributed by atoms with van der Waals surface area (Å²) in [6.45, 7) is 1.86. The van der Waals surface area contributed by atoms with Crippen LogP contribution in [0.25, 0.3) is 0 Å². The third-order valence-electron chi connectivity index (χ3n) is 3.89. The first kappa shape index (κ1) is 14.1. The molecule has 4 nitrogen and oxygen atoms in total. The molecule has 3 rings (SSSR count). The van der Waals surface area contributed by atoms with E-state index in [9.17, 15) is 10.1 Å². The first-order valence-electron chi connectivity index (χ1n) is 6.85. The molecule has 0 amide bonds. The van der Waals surface area contributed by atoms with Gasteiger partial charge in [-0.25, -0.2) is 0 Å². The average molecular weight is 347 g/mol. The fourth-order valence-electron chi connectivity index (χ4n) is 2.86. The summed E-state index contributed by atoms with van der Waals surface area (Å²) in [4.78, 5) is 10.9. The number of nitrogens with one attached hydrogen (secondary N) is 1. The zero-order valence-electron chi connectivity index (χ0n) is 11.6. The summed E-state index contributed by atoms with van der Waals surface area (Å²) in [7, 11) is 0. The van der Waals surface area contributed by atoms with Gasteiger partial charge in [0.1, 0.15) is 5.69 Å². The minimum Gasteiger partial charge on any atom is -0.373 e. The number of hydrogen-bond acceptors (Lipinski definition) is 3. The molecule has 0 saturated heterocycles. The Balaban J connectivity index is 1.93. The van der Waals surface area contributed by atoms with Gasteiger partial charge in [-0.2, -0.15) is 0 Å². The molecule has 1 aliphatic rings. The molecule has 0 heterocycles. The Bertz CT molecular complexity index is 715. The number of benzene rings is 2. The predicted molar refractivity (Wildman–Crippen MR) is 86.7 cm³/mol. The second-order valence-electron chi connectivity index (χ2n) is 5.32. The van der Waals surface area contributed by atoms with E-state index in [-0.39, 0.29) is 16.7 Å². The molecule has 0 fully saturated rings. The smallest absolute Gasteiger partial charge is 0.292 e. The number of rotatable bonds is 3. The van der Waals surface area contributed by atoms with E-state index < -0.39 is 0 Å². The molecule has 1 unspecified atom stereocenters. The van der Waals surface area contributed by atoms with Gasteiger partial charge < -0.3 is 5.32 Å². The molecule has 2 aromatic rings. The fourth-order valence-corrected chi connectivity index (χ4v) is 3.44. The minimum absolute atomic E-state index is 0.124. The van der Waals surface area contributed by atoms with Crippen LogP contribution in [0, 0.1) is 17.0 Å². The van der Waals surface area contributed by atoms with E-state index in [1.165, 1.54) is 11.1 Å². The van der Waals surface area contributed by atoms with Gasteiger partial charge in [0.25, 0.3) is 5.69 Å². The summed E-state index contributed by atoms with van der Waals surface area (Å²) in [5.41, 5.74) is 4.13. The van der Waals surface area contributed by atoms with Gasteiger partial charge in [0.05, 0.1) is 11.0 Å². The lowest BCUT2D eigenvalue weighted by molar-refractivity contribution is -0.384. The van der Waals surface area contributed by atoms with Gasteiger partial charge in [-0.3, -0.25) is 10.1 Å². The van der Waals surface area contributed by atoms with Crippen molar-refractivity contribution in [2.24, 2.45) is 0 Å². The van der Waals surface area contributed by atoms with E-state index in [1.54, 1.807) is 12.1 Å². The second kappa shape index (κ2) is 5.48. The standard InChI is InChI=1S/C16H15BrN2O2/c1-10-5-7-15(16(9-10)19(20)21)18-14-8-6-11-12(14)3-2-4-13(11)17/h2-5,7,9,14,18H,6,8H2,1H3. The van der Waals surface area contributed by atoms with E-state index >= 15 is 0 Å². The molecule has 1 aliphatic carbocycles. The molecule has 2 aromatic carbocycles. The quantitative estimate of drug-likeness (QED) is 0.643. The molecule has 21 heavy (non-hydrogen) atoms. The third-order valence-corrected chi connectivity index (χ3v) is 4.64. The van der Waals surface area contributed by atoms with Crippen molar-refractivity contribution < 1.29 is 4.92 Å². The van der Waals surface area contributed by atoms with Crippen molar-refractivity contribution >= 4 is 27.3 Å². The van der Waals surface area contributed by atoms with E-state index in [0.29, 0.717) is 5.69 Å². The van der Waals surface area contributed by atoms with Crippen LogP contribution in [-0.2, 0) is 6.42 Å². The van der Waals surface area contributed by atoms with Gasteiger partial charge in [0.15, 0.2) is 0 Å². The van der Waals surface area contributed by atoms with Crippen LogP contribution < -0.4 is 5.32 Å². The van der Waals surface area contributed by atoms with Crippen LogP contribution in [0.2, 0.25) is 0 Å². The molecular formula is C16H15BrN2O2. The maximum atomic E-state index is 11.2. The maximum Gasteiger partial charge on any atom is 0.292 e. The summed E-state index contributed by atoms with van der Waals surface area (Å²) >= 11 is 3.57. The molecule has 0 radical (unpaired) electrons. The van der Waals surface area contributed by atoms with Crippen LogP contribution in [0.4, 0.5) is 11.4 Å². The van der Waals surface area contributed by atoms with Gasteiger partial charge in [-0.05, 0) is 48.6 Å². The molecule has 1 atom stereocenters. The Morgan fingerprint density at radius 3 is 2.90 bits per heavy atom. The van der Waals surface area contributed by atoms with Gasteiger partial charge >= 0.3 is 0 Å². The zero-order valence-corrected chi connectivity index (χ0v) is 13.2. The number of aryl methyl sites for hydroxylation is 1. The number of anilines is 1. The molecule has 0 aliphatic heterocycles. The summed E-state index contributed by atoms with van der Waals surface area (Å²) in [6.07, 6.45) is 1.93. The van der Waals surface area contributed by atoms with Gasteiger partial charge in [0.2, 0.25) is 0 Å². The summed E-state index contributed by atoms with van der Waals surface area (Å²) in [6, 6.07) is 11.6. The molecule has 1 N–H and O–H groups in total. The number of nitrogens with zero attached hydrogens (tertiary/aromatic N) is 1. The monoisotopic (exact) mass is 346 g/mol. The van der Waals surface area contributed by atoms with E-state index in [4.69, 9.17) is 0 Å². The van der Waals surface area contributed by atoms with Crippen molar-refractivity contribution in [3.8, 4) is 0 Å². The van der Waals surface area contributed by atoms with Gasteiger partial charge in [-0.15, -0.1) is 0 Å². The van der Waals surface area contributed by atoms with Crippen molar-refractivity contribution in [3.05, 3.63) is 67.7 Å². The lowest BCUT2D eigenvalue weighted by Crippen LogP contribution is -2.09. The predicted octanol–water partition coefficient (Wildman–Crippen LogP) is 4.77. The lowest BCUT2D eigenvalue weighted by atomic mass is 10.1. The highest BCUT2D eigenvalue weighted by Gasteiger charge is 2.26. The maximum absolute atomic E-state index is 11.2. The zero-order chi connectivity index (χ0) is 15.0. The van der Waals surface area contributed by atoms with E-state index in [1.807, 2.05) is 25.1 Å². The van der Waals surface area contributed by atoms with Crippen molar-refractivity contribution in [2.45, 2.75) is 25.8 Å². The van der Waals surface area contributed by atoms with Crippen LogP contribution in [0.15, 0.2) is 40.9 Å². The Morgan fingerprint density at radius 1 is 1.33 bits per heavy atom. The number of nitro groups is 1. The van der Waals surface area contributed by atoms with Gasteiger partial charge in [0, 0.05) is 10.5 Å². The van der Waals surface area contributed by atoms with Crippen LogP contribution in [0.5, 0.6) is 0 Å². The van der Waals surface area contributed by atoms with Crippen molar-refractivity contribution in [2.75, 3.05) is 5.32 Å². The fraction of sp³-hybridized carbons (Fsp3) is 0.250. The molecule has 0 bridgehead atoms. The Kier molecular flexibility index (Phi) is 3.68. The van der Waals surface area contributed by atoms with Crippen LogP contribution >= 0.6 is 15.9 Å². The van der Waals surface area contributed by atoms with Gasteiger partial charge in [-0.1, -0.05) is 34.1 Å². The molecule has 0 aromatic heterocycles. The largest absolute Gasteiger partial charge is 0.373 e. The number of halogens is 1. The summed E-state index contributed by atoms with van der Waals surface area (Å²) in [5, 5.41) is 14.5. The average Bonchev–Trinajstić information content (AvgIpc) is 2.85. The first-order valence-corrected chi connectivity index (χ1v) is 7.64.